The molecule has 1 aromatic heterocycles. The lowest BCUT2D eigenvalue weighted by Gasteiger charge is -2.13. The fraction of sp³-hybridized carbons (Fsp3) is 0.286. The van der Waals surface area contributed by atoms with E-state index in [0.29, 0.717) is 11.3 Å². The first-order valence-electron chi connectivity index (χ1n) is 6.50. The fourth-order valence-corrected chi connectivity index (χ4v) is 3.45. The molecule has 9 heteroatoms. The van der Waals surface area contributed by atoms with Crippen LogP contribution >= 0.6 is 11.6 Å². The first-order chi connectivity index (χ1) is 10.7. The summed E-state index contributed by atoms with van der Waals surface area (Å²) < 4.78 is 31.6. The Bertz CT molecular complexity index is 897. The van der Waals surface area contributed by atoms with Crippen LogP contribution in [-0.2, 0) is 10.2 Å². The minimum Gasteiger partial charge on any atom is -0.496 e. The van der Waals surface area contributed by atoms with Crippen molar-refractivity contribution in [2.24, 2.45) is 0 Å². The third kappa shape index (κ3) is 2.91. The van der Waals surface area contributed by atoms with Crippen molar-refractivity contribution in [1.82, 2.24) is 13.3 Å². The van der Waals surface area contributed by atoms with Gasteiger partial charge in [-0.1, -0.05) is 11.6 Å². The van der Waals surface area contributed by atoms with E-state index in [0.717, 1.165) is 13.8 Å². The lowest BCUT2D eigenvalue weighted by Crippen LogP contribution is -2.29. The number of aryl methyl sites for hydroxylation is 1. The highest BCUT2D eigenvalue weighted by molar-refractivity contribution is 7.87. The van der Waals surface area contributed by atoms with E-state index in [1.165, 1.54) is 14.1 Å². The van der Waals surface area contributed by atoms with E-state index in [9.17, 15) is 13.7 Å². The van der Waals surface area contributed by atoms with Gasteiger partial charge in [0.05, 0.1) is 7.11 Å². The van der Waals surface area contributed by atoms with Crippen molar-refractivity contribution in [3.8, 4) is 23.1 Å². The summed E-state index contributed by atoms with van der Waals surface area (Å²) in [4.78, 5) is 4.07. The Kier molecular flexibility index (Phi) is 4.66. The van der Waals surface area contributed by atoms with E-state index < -0.39 is 10.2 Å². The summed E-state index contributed by atoms with van der Waals surface area (Å²) in [6, 6.07) is 6.96. The van der Waals surface area contributed by atoms with Crippen LogP contribution in [0.2, 0.25) is 5.15 Å². The lowest BCUT2D eigenvalue weighted by atomic mass is 10.1. The molecule has 0 aliphatic carbocycles. The highest BCUT2D eigenvalue weighted by Crippen LogP contribution is 2.32. The number of hydrogen-bond acceptors (Lipinski definition) is 5. The summed E-state index contributed by atoms with van der Waals surface area (Å²) in [6.07, 6.45) is 0. The molecule has 0 radical (unpaired) electrons. The topological polar surface area (TPSA) is 88.2 Å². The van der Waals surface area contributed by atoms with Gasteiger partial charge in [0.1, 0.15) is 17.5 Å². The van der Waals surface area contributed by atoms with Gasteiger partial charge in [0.25, 0.3) is 0 Å². The van der Waals surface area contributed by atoms with Gasteiger partial charge in [-0.25, -0.2) is 4.98 Å². The van der Waals surface area contributed by atoms with E-state index in [-0.39, 0.29) is 16.7 Å². The fourth-order valence-electron chi connectivity index (χ4n) is 2.04. The average Bonchev–Trinajstić information content (AvgIpc) is 2.84. The van der Waals surface area contributed by atoms with Crippen LogP contribution in [0.5, 0.6) is 5.75 Å². The van der Waals surface area contributed by atoms with Crippen molar-refractivity contribution in [3.05, 3.63) is 34.7 Å². The van der Waals surface area contributed by atoms with E-state index in [4.69, 9.17) is 16.3 Å². The molecule has 23 heavy (non-hydrogen) atoms. The number of nitriles is 1. The van der Waals surface area contributed by atoms with Gasteiger partial charge in [-0.05, 0) is 30.7 Å². The zero-order valence-corrected chi connectivity index (χ0v) is 14.6. The van der Waals surface area contributed by atoms with Crippen molar-refractivity contribution in [1.29, 1.82) is 5.26 Å². The van der Waals surface area contributed by atoms with Gasteiger partial charge in [0, 0.05) is 19.7 Å². The molecule has 2 rings (SSSR count). The van der Waals surface area contributed by atoms with Crippen LogP contribution in [0.25, 0.3) is 11.3 Å². The van der Waals surface area contributed by atoms with Gasteiger partial charge in [-0.15, -0.1) is 0 Å². The third-order valence-electron chi connectivity index (χ3n) is 3.24. The van der Waals surface area contributed by atoms with Crippen molar-refractivity contribution in [3.63, 3.8) is 0 Å². The number of benzene rings is 1. The standard InChI is InChI=1S/C14H15ClN4O3S/c1-9-7-10(5-6-11(9)22-4)13-14(15)19(12(8-16)17-13)23(20,21)18(2)3/h5-7H,1-4H3. The van der Waals surface area contributed by atoms with Crippen LogP contribution in [0.3, 0.4) is 0 Å². The SMILES string of the molecule is COc1ccc(-c2nc(C#N)n(S(=O)(=O)N(C)C)c2Cl)cc1C. The van der Waals surface area contributed by atoms with E-state index in [1.807, 2.05) is 6.92 Å². The van der Waals surface area contributed by atoms with Gasteiger partial charge in [-0.2, -0.15) is 22.0 Å². The molecule has 1 heterocycles. The van der Waals surface area contributed by atoms with Crippen molar-refractivity contribution in [2.75, 3.05) is 21.2 Å². The predicted octanol–water partition coefficient (Wildman–Crippen LogP) is 2.05. The van der Waals surface area contributed by atoms with Gasteiger partial charge in [-0.3, -0.25) is 0 Å². The summed E-state index contributed by atoms with van der Waals surface area (Å²) >= 11 is 6.21. The summed E-state index contributed by atoms with van der Waals surface area (Å²) in [5.41, 5.74) is 1.65. The van der Waals surface area contributed by atoms with Gasteiger partial charge < -0.3 is 4.74 Å². The minimum atomic E-state index is -3.95. The second kappa shape index (κ2) is 6.20. The molecule has 0 aliphatic rings. The van der Waals surface area contributed by atoms with Crippen LogP contribution in [0.4, 0.5) is 0 Å². The predicted molar refractivity (Wildman–Crippen MR) is 86.7 cm³/mol. The molecule has 0 amide bonds. The molecule has 0 aliphatic heterocycles. The molecule has 122 valence electrons. The first kappa shape index (κ1) is 17.3. The summed E-state index contributed by atoms with van der Waals surface area (Å²) in [5.74, 6) is 0.387. The molecule has 0 fully saturated rings. The van der Waals surface area contributed by atoms with Crippen molar-refractivity contribution < 1.29 is 13.2 Å². The monoisotopic (exact) mass is 354 g/mol. The Labute approximate surface area is 139 Å². The molecule has 0 atom stereocenters. The number of imidazole rings is 1. The molecule has 2 aromatic rings. The molecule has 0 saturated heterocycles. The molecule has 0 spiro atoms. The Morgan fingerprint density at radius 1 is 1.39 bits per heavy atom. The zero-order valence-electron chi connectivity index (χ0n) is 13.0. The number of halogens is 1. The van der Waals surface area contributed by atoms with E-state index >= 15 is 0 Å². The highest BCUT2D eigenvalue weighted by atomic mass is 35.5. The first-order valence-corrected chi connectivity index (χ1v) is 8.28. The highest BCUT2D eigenvalue weighted by Gasteiger charge is 2.27. The van der Waals surface area contributed by atoms with Crippen LogP contribution in [0.1, 0.15) is 11.4 Å². The second-order valence-corrected chi connectivity index (χ2v) is 7.27. The maximum absolute atomic E-state index is 12.3. The third-order valence-corrected chi connectivity index (χ3v) is 5.43. The van der Waals surface area contributed by atoms with Crippen molar-refractivity contribution >= 4 is 21.8 Å². The molecule has 0 saturated carbocycles. The van der Waals surface area contributed by atoms with Crippen LogP contribution in [0, 0.1) is 18.3 Å². The Hall–Kier alpha value is -2.08. The second-order valence-electron chi connectivity index (χ2n) is 4.93. The zero-order chi connectivity index (χ0) is 17.4. The Morgan fingerprint density at radius 2 is 2.04 bits per heavy atom. The van der Waals surface area contributed by atoms with E-state index in [1.54, 1.807) is 31.4 Å². The van der Waals surface area contributed by atoms with Crippen molar-refractivity contribution in [2.45, 2.75) is 6.92 Å². The molecular formula is C14H15ClN4O3S. The summed E-state index contributed by atoms with van der Waals surface area (Å²) in [7, 11) is 0.307. The van der Waals surface area contributed by atoms with Crippen LogP contribution in [0.15, 0.2) is 18.2 Å². The van der Waals surface area contributed by atoms with Gasteiger partial charge >= 0.3 is 10.2 Å². The smallest absolute Gasteiger partial charge is 0.310 e. The molecule has 0 N–H and O–H groups in total. The van der Waals surface area contributed by atoms with Crippen LogP contribution < -0.4 is 4.74 Å². The average molecular weight is 355 g/mol. The normalized spacial score (nSPS) is 11.5. The molecule has 0 unspecified atom stereocenters. The summed E-state index contributed by atoms with van der Waals surface area (Å²) in [6.45, 7) is 1.84. The number of rotatable bonds is 4. The largest absolute Gasteiger partial charge is 0.496 e. The number of nitrogens with zero attached hydrogens (tertiary/aromatic N) is 4. The van der Waals surface area contributed by atoms with Gasteiger partial charge in [0.2, 0.25) is 5.82 Å². The number of aromatic nitrogens is 2. The quantitative estimate of drug-likeness (QED) is 0.838. The number of methoxy groups -OCH3 is 1. The Morgan fingerprint density at radius 3 is 2.52 bits per heavy atom. The molecule has 0 bridgehead atoms. The van der Waals surface area contributed by atoms with Gasteiger partial charge in [0.15, 0.2) is 5.15 Å². The number of ether oxygens (including phenoxy) is 1. The summed E-state index contributed by atoms with van der Waals surface area (Å²) in [5, 5.41) is 9.05. The lowest BCUT2D eigenvalue weighted by molar-refractivity contribution is 0.412. The minimum absolute atomic E-state index is 0.139. The molecule has 1 aromatic carbocycles. The Balaban J connectivity index is 2.70. The molecular weight excluding hydrogens is 340 g/mol. The number of hydrogen-bond donors (Lipinski definition) is 0. The van der Waals surface area contributed by atoms with Crippen LogP contribution in [-0.4, -0.2) is 42.9 Å². The maximum Gasteiger partial charge on any atom is 0.310 e. The molecule has 7 nitrogen and oxygen atoms in total. The maximum atomic E-state index is 12.3. The van der Waals surface area contributed by atoms with E-state index in [2.05, 4.69) is 4.98 Å².